The molecule has 0 aromatic rings. The zero-order valence-corrected chi connectivity index (χ0v) is 54.6. The number of amides is 1. The summed E-state index contributed by atoms with van der Waals surface area (Å²) in [5, 5.41) is 14.0. The van der Waals surface area contributed by atoms with E-state index in [2.05, 4.69) is 141 Å². The SMILES string of the molecule is CC/C=C\C/C=C\C/C=C\C/C=C\C/C=C\C/C=C\C/C=C\C/C=C\CCCCCCCCC(=O)NC(COP(=O)(O)OCC[N+](C)(C)C)C(O)/C=C/CC/C=C/CC/C=C/CCCCCCCCCCCCCCCCCCCCC. The lowest BCUT2D eigenvalue weighted by atomic mass is 10.0. The fourth-order valence-corrected chi connectivity index (χ4v) is 9.89. The van der Waals surface area contributed by atoms with E-state index in [9.17, 15) is 19.4 Å². The van der Waals surface area contributed by atoms with Gasteiger partial charge < -0.3 is 19.8 Å². The Morgan fingerprint density at radius 3 is 1.12 bits per heavy atom. The number of carbonyl (C=O) groups is 1. The van der Waals surface area contributed by atoms with Crippen molar-refractivity contribution in [3.05, 3.63) is 134 Å². The van der Waals surface area contributed by atoms with Gasteiger partial charge in [0.1, 0.15) is 13.2 Å². The Balaban J connectivity index is 4.27. The smallest absolute Gasteiger partial charge is 0.387 e. The number of nitrogens with one attached hydrogen (secondary N) is 1. The topological polar surface area (TPSA) is 105 Å². The van der Waals surface area contributed by atoms with Crippen molar-refractivity contribution in [2.75, 3.05) is 40.9 Å². The van der Waals surface area contributed by atoms with Crippen LogP contribution in [-0.2, 0) is 18.4 Å². The fourth-order valence-electron chi connectivity index (χ4n) is 9.15. The third-order valence-electron chi connectivity index (χ3n) is 14.3. The summed E-state index contributed by atoms with van der Waals surface area (Å²) >= 11 is 0. The first-order valence-electron chi connectivity index (χ1n) is 33.6. The number of hydrogen-bond acceptors (Lipinski definition) is 5. The van der Waals surface area contributed by atoms with Gasteiger partial charge in [-0.1, -0.05) is 289 Å². The summed E-state index contributed by atoms with van der Waals surface area (Å²) in [7, 11) is 1.52. The van der Waals surface area contributed by atoms with Crippen molar-refractivity contribution in [2.24, 2.45) is 0 Å². The van der Waals surface area contributed by atoms with E-state index in [0.717, 1.165) is 122 Å². The molecule has 1 amide bonds. The number of carbonyl (C=O) groups excluding carboxylic acids is 1. The van der Waals surface area contributed by atoms with E-state index < -0.39 is 20.0 Å². The lowest BCUT2D eigenvalue weighted by molar-refractivity contribution is -0.870. The Kier molecular flexibility index (Phi) is 59.6. The monoisotopic (exact) mass is 1160 g/mol. The summed E-state index contributed by atoms with van der Waals surface area (Å²) < 4.78 is 23.8. The molecule has 0 aliphatic carbocycles. The van der Waals surface area contributed by atoms with E-state index in [1.54, 1.807) is 6.08 Å². The average molecular weight is 1160 g/mol. The minimum absolute atomic E-state index is 0.0430. The Hall–Kier alpha value is -3.36. The van der Waals surface area contributed by atoms with Gasteiger partial charge in [0.05, 0.1) is 39.9 Å². The molecule has 0 fully saturated rings. The van der Waals surface area contributed by atoms with E-state index in [-0.39, 0.29) is 19.1 Å². The number of allylic oxidation sites excluding steroid dienone is 21. The van der Waals surface area contributed by atoms with Gasteiger partial charge in [0.15, 0.2) is 0 Å². The van der Waals surface area contributed by atoms with Crippen LogP contribution in [-0.4, -0.2) is 73.4 Å². The van der Waals surface area contributed by atoms with Crippen LogP contribution < -0.4 is 5.32 Å². The van der Waals surface area contributed by atoms with E-state index in [1.165, 1.54) is 128 Å². The first-order chi connectivity index (χ1) is 40.0. The third kappa shape index (κ3) is 64.2. The fraction of sp³-hybridized carbons (Fsp3) is 0.685. The largest absolute Gasteiger partial charge is 0.472 e. The number of nitrogens with zero attached hydrogens (tertiary/aromatic N) is 1. The number of phosphoric acid groups is 1. The normalized spacial score (nSPS) is 14.6. The second-order valence-electron chi connectivity index (χ2n) is 23.4. The molecule has 3 unspecified atom stereocenters. The summed E-state index contributed by atoms with van der Waals surface area (Å²) in [5.41, 5.74) is 0. The molecule has 0 bridgehead atoms. The molecular formula is C73H128N2O6P+. The van der Waals surface area contributed by atoms with Gasteiger partial charge in [-0.2, -0.15) is 0 Å². The third-order valence-corrected chi connectivity index (χ3v) is 15.3. The first kappa shape index (κ1) is 78.6. The summed E-state index contributed by atoms with van der Waals surface area (Å²) in [4.78, 5) is 23.4. The summed E-state index contributed by atoms with van der Waals surface area (Å²) in [6.07, 6.45) is 94.5. The zero-order chi connectivity index (χ0) is 59.8. The highest BCUT2D eigenvalue weighted by Gasteiger charge is 2.27. The molecule has 0 radical (unpaired) electrons. The van der Waals surface area contributed by atoms with Crippen LogP contribution in [0.5, 0.6) is 0 Å². The number of aliphatic hydroxyl groups excluding tert-OH is 1. The maximum absolute atomic E-state index is 13.0. The number of quaternary nitrogens is 1. The molecule has 0 aromatic carbocycles. The van der Waals surface area contributed by atoms with Gasteiger partial charge in [0.2, 0.25) is 5.91 Å². The van der Waals surface area contributed by atoms with Crippen molar-refractivity contribution in [3.8, 4) is 0 Å². The second-order valence-corrected chi connectivity index (χ2v) is 24.9. The Bertz CT molecular complexity index is 1800. The molecule has 8 nitrogen and oxygen atoms in total. The predicted molar refractivity (Wildman–Crippen MR) is 359 cm³/mol. The molecule has 3 N–H and O–H groups in total. The Labute approximate surface area is 506 Å². The highest BCUT2D eigenvalue weighted by Crippen LogP contribution is 2.43. The maximum Gasteiger partial charge on any atom is 0.472 e. The van der Waals surface area contributed by atoms with Crippen molar-refractivity contribution in [3.63, 3.8) is 0 Å². The standard InChI is InChI=1S/C73H127N2O6P/c1-6-8-10-12-14-16-18-20-22-24-26-28-30-32-34-36-37-39-41-43-45-47-49-51-53-55-57-59-61-63-65-67-73(77)74-71(70-81-82(78,79)80-69-68-75(3,4)5)72(76)66-64-62-60-58-56-54-52-50-48-46-44-42-40-38-35-33-31-29-27-25-23-21-19-17-15-13-11-9-7-2/h8,10,14,16,20,22,26,28,32,34,37,39,43,45,48-51,56,58,64,66,71-72,76H,6-7,9,11-13,15,17-19,21,23-25,27,29-31,33,35-36,38,40-42,44,46-47,52-55,57,59-63,65,67-70H2,1-5H3,(H-,74,77,78,79)/p+1/b10-8-,16-14-,22-20-,28-26-,34-32-,39-37-,45-43-,50-48+,51-49-,58-56+,66-64+. The molecule has 0 heterocycles. The molecule has 0 aliphatic heterocycles. The van der Waals surface area contributed by atoms with Crippen LogP contribution >= 0.6 is 7.82 Å². The van der Waals surface area contributed by atoms with E-state index in [4.69, 9.17) is 9.05 Å². The number of aliphatic hydroxyl groups is 1. The lowest BCUT2D eigenvalue weighted by Gasteiger charge is -2.25. The van der Waals surface area contributed by atoms with Crippen molar-refractivity contribution in [1.82, 2.24) is 5.32 Å². The van der Waals surface area contributed by atoms with Crippen LogP contribution in [0.2, 0.25) is 0 Å². The van der Waals surface area contributed by atoms with Crippen molar-refractivity contribution >= 4 is 13.7 Å². The molecule has 0 aromatic heterocycles. The molecule has 0 spiro atoms. The number of unbranched alkanes of at least 4 members (excludes halogenated alkanes) is 27. The highest BCUT2D eigenvalue weighted by molar-refractivity contribution is 7.47. The van der Waals surface area contributed by atoms with Crippen LogP contribution in [0, 0.1) is 0 Å². The van der Waals surface area contributed by atoms with Crippen LogP contribution in [0.3, 0.4) is 0 Å². The molecule has 0 saturated carbocycles. The van der Waals surface area contributed by atoms with Crippen molar-refractivity contribution in [1.29, 1.82) is 0 Å². The molecule has 0 aliphatic rings. The predicted octanol–water partition coefficient (Wildman–Crippen LogP) is 21.4. The number of hydrogen-bond donors (Lipinski definition) is 3. The molecule has 0 rings (SSSR count). The van der Waals surface area contributed by atoms with E-state index in [1.807, 2.05) is 27.2 Å². The van der Waals surface area contributed by atoms with Crippen LogP contribution in [0.4, 0.5) is 0 Å². The number of likely N-dealkylation sites (N-methyl/N-ethyl adjacent to an activating group) is 1. The molecule has 470 valence electrons. The summed E-state index contributed by atoms with van der Waals surface area (Å²) in [6, 6.07) is -0.890. The van der Waals surface area contributed by atoms with Gasteiger partial charge in [-0.3, -0.25) is 13.8 Å². The van der Waals surface area contributed by atoms with Gasteiger partial charge in [-0.15, -0.1) is 0 Å². The van der Waals surface area contributed by atoms with Gasteiger partial charge in [0.25, 0.3) is 0 Å². The lowest BCUT2D eigenvalue weighted by Crippen LogP contribution is -2.45. The van der Waals surface area contributed by atoms with Crippen molar-refractivity contribution < 1.29 is 32.9 Å². The number of rotatable bonds is 60. The average Bonchev–Trinajstić information content (AvgIpc) is 3.47. The van der Waals surface area contributed by atoms with Crippen LogP contribution in [0.15, 0.2) is 134 Å². The molecular weight excluding hydrogens is 1030 g/mol. The van der Waals surface area contributed by atoms with E-state index >= 15 is 0 Å². The quantitative estimate of drug-likeness (QED) is 0.0243. The van der Waals surface area contributed by atoms with Crippen molar-refractivity contribution in [2.45, 2.75) is 283 Å². The van der Waals surface area contributed by atoms with Gasteiger partial charge >= 0.3 is 7.82 Å². The van der Waals surface area contributed by atoms with Crippen LogP contribution in [0.25, 0.3) is 0 Å². The molecule has 82 heavy (non-hydrogen) atoms. The summed E-state index contributed by atoms with van der Waals surface area (Å²) in [6.45, 7) is 4.67. The summed E-state index contributed by atoms with van der Waals surface area (Å²) in [5.74, 6) is -0.209. The van der Waals surface area contributed by atoms with Crippen LogP contribution in [0.1, 0.15) is 271 Å². The maximum atomic E-state index is 13.0. The van der Waals surface area contributed by atoms with Gasteiger partial charge in [-0.05, 0) is 109 Å². The second kappa shape index (κ2) is 62.2. The van der Waals surface area contributed by atoms with Gasteiger partial charge in [-0.25, -0.2) is 4.57 Å². The molecule has 9 heteroatoms. The molecule has 0 saturated heterocycles. The Morgan fingerprint density at radius 2 is 0.744 bits per heavy atom. The number of phosphoric ester groups is 1. The Morgan fingerprint density at radius 1 is 0.427 bits per heavy atom. The van der Waals surface area contributed by atoms with Gasteiger partial charge in [0, 0.05) is 6.42 Å². The first-order valence-corrected chi connectivity index (χ1v) is 35.1. The highest BCUT2D eigenvalue weighted by atomic mass is 31.2. The minimum atomic E-state index is -4.38. The zero-order valence-electron chi connectivity index (χ0n) is 53.7. The molecule has 3 atom stereocenters. The van der Waals surface area contributed by atoms with E-state index in [0.29, 0.717) is 17.4 Å². The minimum Gasteiger partial charge on any atom is -0.387 e.